The van der Waals surface area contributed by atoms with Gasteiger partial charge in [-0.3, -0.25) is 9.48 Å². The van der Waals surface area contributed by atoms with Gasteiger partial charge in [-0.15, -0.1) is 0 Å². The lowest BCUT2D eigenvalue weighted by atomic mass is 10.0. The largest absolute Gasteiger partial charge is 0.336 e. The molecule has 27 heavy (non-hydrogen) atoms. The fourth-order valence-electron chi connectivity index (χ4n) is 4.49. The van der Waals surface area contributed by atoms with Crippen molar-refractivity contribution in [2.24, 2.45) is 12.8 Å². The van der Waals surface area contributed by atoms with Crippen molar-refractivity contribution in [2.75, 3.05) is 13.1 Å². The SMILES string of the molecule is Cn1nccc1[C@@H]1CN(C(=O)c2ccc3c(c2)-c2ccccc2C3)C[C@H]1N. The van der Waals surface area contributed by atoms with E-state index in [0.717, 1.165) is 17.7 Å². The van der Waals surface area contributed by atoms with Gasteiger partial charge in [0.05, 0.1) is 0 Å². The fraction of sp³-hybridized carbons (Fsp3) is 0.273. The molecule has 2 aromatic carbocycles. The second kappa shape index (κ2) is 6.06. The van der Waals surface area contributed by atoms with Crippen molar-refractivity contribution in [3.63, 3.8) is 0 Å². The second-order valence-electron chi connectivity index (χ2n) is 7.57. The van der Waals surface area contributed by atoms with Crippen LogP contribution in [-0.4, -0.2) is 39.7 Å². The molecule has 1 fully saturated rings. The van der Waals surface area contributed by atoms with Crippen LogP contribution in [-0.2, 0) is 13.5 Å². The van der Waals surface area contributed by atoms with E-state index in [9.17, 15) is 4.79 Å². The highest BCUT2D eigenvalue weighted by molar-refractivity contribution is 5.96. The molecule has 1 amide bonds. The van der Waals surface area contributed by atoms with Gasteiger partial charge in [0.15, 0.2) is 0 Å². The third kappa shape index (κ3) is 2.58. The predicted octanol–water partition coefficient (Wildman–Crippen LogP) is 2.56. The van der Waals surface area contributed by atoms with Crippen molar-refractivity contribution in [2.45, 2.75) is 18.4 Å². The third-order valence-corrected chi connectivity index (χ3v) is 5.94. The molecule has 0 saturated carbocycles. The maximum absolute atomic E-state index is 13.2. The van der Waals surface area contributed by atoms with Gasteiger partial charge in [-0.1, -0.05) is 30.3 Å². The minimum Gasteiger partial charge on any atom is -0.336 e. The number of aromatic nitrogens is 2. The molecule has 0 radical (unpaired) electrons. The summed E-state index contributed by atoms with van der Waals surface area (Å²) in [4.78, 5) is 15.0. The summed E-state index contributed by atoms with van der Waals surface area (Å²) >= 11 is 0. The Bertz CT molecular complexity index is 1040. The monoisotopic (exact) mass is 358 g/mol. The van der Waals surface area contributed by atoms with E-state index in [1.807, 2.05) is 34.8 Å². The number of aryl methyl sites for hydroxylation is 1. The lowest BCUT2D eigenvalue weighted by molar-refractivity contribution is 0.0789. The van der Waals surface area contributed by atoms with Gasteiger partial charge >= 0.3 is 0 Å². The molecule has 3 aromatic rings. The molecule has 5 nitrogen and oxygen atoms in total. The molecule has 0 bridgehead atoms. The van der Waals surface area contributed by atoms with Gasteiger partial charge < -0.3 is 10.6 Å². The Kier molecular flexibility index (Phi) is 3.65. The molecule has 2 aliphatic rings. The number of nitrogens with two attached hydrogens (primary N) is 1. The summed E-state index contributed by atoms with van der Waals surface area (Å²) in [6, 6.07) is 16.4. The molecule has 2 N–H and O–H groups in total. The van der Waals surface area contributed by atoms with Crippen molar-refractivity contribution >= 4 is 5.91 Å². The van der Waals surface area contributed by atoms with Gasteiger partial charge in [0, 0.05) is 49.6 Å². The van der Waals surface area contributed by atoms with Crippen LogP contribution in [0.25, 0.3) is 11.1 Å². The summed E-state index contributed by atoms with van der Waals surface area (Å²) in [6.45, 7) is 1.20. The molecule has 1 aliphatic carbocycles. The van der Waals surface area contributed by atoms with E-state index in [4.69, 9.17) is 5.73 Å². The minimum absolute atomic E-state index is 0.0577. The lowest BCUT2D eigenvalue weighted by Gasteiger charge is -2.17. The Morgan fingerprint density at radius 1 is 1.07 bits per heavy atom. The standard InChI is InChI=1S/C22H22N4O/c1-25-21(8-9-24-25)19-12-26(13-20(19)23)22(27)16-7-6-15-10-14-4-2-3-5-17(14)18(15)11-16/h2-9,11,19-20H,10,12-13,23H2,1H3/t19-,20-/m1/s1. The summed E-state index contributed by atoms with van der Waals surface area (Å²) in [7, 11) is 1.92. The Labute approximate surface area is 158 Å². The zero-order valence-electron chi connectivity index (χ0n) is 15.3. The Balaban J connectivity index is 1.42. The molecule has 1 saturated heterocycles. The zero-order chi connectivity index (χ0) is 18.5. The quantitative estimate of drug-likeness (QED) is 0.599. The molecule has 5 heteroatoms. The first-order chi connectivity index (χ1) is 13.1. The smallest absolute Gasteiger partial charge is 0.253 e. The molecule has 0 spiro atoms. The lowest BCUT2D eigenvalue weighted by Crippen LogP contribution is -2.32. The summed E-state index contributed by atoms with van der Waals surface area (Å²) in [5.41, 5.74) is 13.2. The van der Waals surface area contributed by atoms with Gasteiger partial charge in [0.2, 0.25) is 0 Å². The summed E-state index contributed by atoms with van der Waals surface area (Å²) < 4.78 is 1.85. The first-order valence-corrected chi connectivity index (χ1v) is 9.36. The second-order valence-corrected chi connectivity index (χ2v) is 7.57. The van der Waals surface area contributed by atoms with E-state index in [1.54, 1.807) is 6.20 Å². The van der Waals surface area contributed by atoms with Crippen molar-refractivity contribution in [1.82, 2.24) is 14.7 Å². The number of benzene rings is 2. The van der Waals surface area contributed by atoms with Crippen LogP contribution in [0.1, 0.15) is 33.1 Å². The molecule has 0 unspecified atom stereocenters. The van der Waals surface area contributed by atoms with Crippen LogP contribution < -0.4 is 5.73 Å². The average molecular weight is 358 g/mol. The van der Waals surface area contributed by atoms with Gasteiger partial charge in [-0.25, -0.2) is 0 Å². The molecule has 2 atom stereocenters. The molecule has 1 aliphatic heterocycles. The number of nitrogens with zero attached hydrogens (tertiary/aromatic N) is 3. The number of hydrogen-bond acceptors (Lipinski definition) is 3. The highest BCUT2D eigenvalue weighted by atomic mass is 16.2. The fourth-order valence-corrected chi connectivity index (χ4v) is 4.49. The summed E-state index contributed by atoms with van der Waals surface area (Å²) in [6.07, 6.45) is 2.72. The molecule has 2 heterocycles. The van der Waals surface area contributed by atoms with Gasteiger partial charge in [0.25, 0.3) is 5.91 Å². The summed E-state index contributed by atoms with van der Waals surface area (Å²) in [5.74, 6) is 0.180. The van der Waals surface area contributed by atoms with Crippen molar-refractivity contribution in [3.8, 4) is 11.1 Å². The van der Waals surface area contributed by atoms with Gasteiger partial charge in [0.1, 0.15) is 0 Å². The Morgan fingerprint density at radius 3 is 2.70 bits per heavy atom. The van der Waals surface area contributed by atoms with Gasteiger partial charge in [-0.05, 0) is 46.9 Å². The normalized spacial score (nSPS) is 20.6. The van der Waals surface area contributed by atoms with Crippen LogP contribution in [0.15, 0.2) is 54.7 Å². The molecule has 5 rings (SSSR count). The maximum atomic E-state index is 13.2. The van der Waals surface area contributed by atoms with E-state index in [1.165, 1.54) is 22.3 Å². The van der Waals surface area contributed by atoms with Crippen molar-refractivity contribution in [1.29, 1.82) is 0 Å². The summed E-state index contributed by atoms with van der Waals surface area (Å²) in [5, 5.41) is 4.24. The number of carbonyl (C=O) groups excluding carboxylic acids is 1. The first kappa shape index (κ1) is 16.3. The third-order valence-electron chi connectivity index (χ3n) is 5.94. The Hall–Kier alpha value is -2.92. The predicted molar refractivity (Wildman–Crippen MR) is 105 cm³/mol. The topological polar surface area (TPSA) is 64.2 Å². The van der Waals surface area contributed by atoms with Crippen LogP contribution >= 0.6 is 0 Å². The number of fused-ring (bicyclic) bond motifs is 3. The van der Waals surface area contributed by atoms with Crippen LogP contribution in [0, 0.1) is 0 Å². The number of rotatable bonds is 2. The van der Waals surface area contributed by atoms with Gasteiger partial charge in [-0.2, -0.15) is 5.10 Å². The van der Waals surface area contributed by atoms with E-state index in [-0.39, 0.29) is 17.9 Å². The van der Waals surface area contributed by atoms with E-state index in [0.29, 0.717) is 13.1 Å². The minimum atomic E-state index is -0.0699. The van der Waals surface area contributed by atoms with E-state index >= 15 is 0 Å². The molecule has 136 valence electrons. The van der Waals surface area contributed by atoms with E-state index < -0.39 is 0 Å². The van der Waals surface area contributed by atoms with Crippen LogP contribution in [0.5, 0.6) is 0 Å². The zero-order valence-corrected chi connectivity index (χ0v) is 15.3. The van der Waals surface area contributed by atoms with Crippen molar-refractivity contribution in [3.05, 3.63) is 77.1 Å². The highest BCUT2D eigenvalue weighted by Gasteiger charge is 2.36. The molecule has 1 aromatic heterocycles. The number of likely N-dealkylation sites (tertiary alicyclic amines) is 1. The van der Waals surface area contributed by atoms with Crippen molar-refractivity contribution < 1.29 is 4.79 Å². The number of carbonyl (C=O) groups is 1. The highest BCUT2D eigenvalue weighted by Crippen LogP contribution is 2.37. The average Bonchev–Trinajstić information content (AvgIpc) is 3.37. The van der Waals surface area contributed by atoms with Crippen LogP contribution in [0.4, 0.5) is 0 Å². The van der Waals surface area contributed by atoms with Crippen LogP contribution in [0.3, 0.4) is 0 Å². The number of hydrogen-bond donors (Lipinski definition) is 1. The Morgan fingerprint density at radius 2 is 1.89 bits per heavy atom. The molecular weight excluding hydrogens is 336 g/mol. The molecular formula is C22H22N4O. The van der Waals surface area contributed by atoms with Crippen LogP contribution in [0.2, 0.25) is 0 Å². The first-order valence-electron chi connectivity index (χ1n) is 9.36. The maximum Gasteiger partial charge on any atom is 0.253 e. The number of amides is 1. The van der Waals surface area contributed by atoms with E-state index in [2.05, 4.69) is 35.4 Å².